The zero-order chi connectivity index (χ0) is 10.6. The topological polar surface area (TPSA) is 50.4 Å². The summed E-state index contributed by atoms with van der Waals surface area (Å²) < 4.78 is 1.97. The number of nitrogens with two attached hydrogens (primary N) is 1. The summed E-state index contributed by atoms with van der Waals surface area (Å²) in [6.45, 7) is 2.66. The molecule has 0 aliphatic rings. The molecule has 0 bridgehead atoms. The second-order valence-corrected chi connectivity index (χ2v) is 4.36. The molecule has 0 unspecified atom stereocenters. The molecule has 0 aliphatic carbocycles. The highest BCUT2D eigenvalue weighted by atomic mass is 79.9. The molecular formula is C9H11Br2N3. The minimum Gasteiger partial charge on any atom is -0.308 e. The summed E-state index contributed by atoms with van der Waals surface area (Å²) in [5.41, 5.74) is 3.54. The molecule has 0 amide bonds. The highest BCUT2D eigenvalue weighted by Gasteiger charge is 2.05. The van der Waals surface area contributed by atoms with E-state index in [1.54, 1.807) is 0 Å². The minimum absolute atomic E-state index is 0.687. The van der Waals surface area contributed by atoms with Gasteiger partial charge in [-0.2, -0.15) is 0 Å². The maximum atomic E-state index is 5.38. The summed E-state index contributed by atoms with van der Waals surface area (Å²) in [4.78, 5) is 4.24. The molecule has 1 aromatic carbocycles. The number of nitrogens with zero attached hydrogens (tertiary/aromatic N) is 1. The van der Waals surface area contributed by atoms with E-state index in [1.807, 2.05) is 25.1 Å². The Hall–Kier alpha value is -0.390. The molecule has 5 heteroatoms. The van der Waals surface area contributed by atoms with Crippen LogP contribution in [-0.2, 0) is 0 Å². The third-order valence-corrected chi connectivity index (χ3v) is 2.79. The fourth-order valence-corrected chi connectivity index (χ4v) is 2.28. The van der Waals surface area contributed by atoms with Crippen LogP contribution in [0.4, 0.5) is 0 Å². The van der Waals surface area contributed by atoms with Crippen molar-refractivity contribution < 1.29 is 0 Å². The van der Waals surface area contributed by atoms with Crippen LogP contribution in [0.3, 0.4) is 0 Å². The van der Waals surface area contributed by atoms with E-state index in [9.17, 15) is 0 Å². The van der Waals surface area contributed by atoms with Gasteiger partial charge >= 0.3 is 0 Å². The highest BCUT2D eigenvalue weighted by molar-refractivity contribution is 9.11. The molecule has 0 fully saturated rings. The molecule has 0 saturated carbocycles. The lowest BCUT2D eigenvalue weighted by Crippen LogP contribution is -2.31. The third-order valence-electron chi connectivity index (χ3n) is 1.64. The summed E-state index contributed by atoms with van der Waals surface area (Å²) in [6.07, 6.45) is 0. The number of hydrazine groups is 1. The molecule has 0 spiro atoms. The fraction of sp³-hybridized carbons (Fsp3) is 0.222. The molecule has 1 rings (SSSR count). The van der Waals surface area contributed by atoms with Crippen molar-refractivity contribution in [3.8, 4) is 0 Å². The highest BCUT2D eigenvalue weighted by Crippen LogP contribution is 2.21. The van der Waals surface area contributed by atoms with Gasteiger partial charge < -0.3 is 5.43 Å². The Labute approximate surface area is 100 Å². The van der Waals surface area contributed by atoms with Crippen LogP contribution in [0.1, 0.15) is 12.5 Å². The van der Waals surface area contributed by atoms with Crippen LogP contribution in [0.5, 0.6) is 0 Å². The van der Waals surface area contributed by atoms with Crippen LogP contribution in [0.25, 0.3) is 0 Å². The zero-order valence-electron chi connectivity index (χ0n) is 7.72. The normalized spacial score (nSPS) is 11.6. The van der Waals surface area contributed by atoms with Gasteiger partial charge in [-0.1, -0.05) is 15.9 Å². The van der Waals surface area contributed by atoms with Crippen LogP contribution in [0.15, 0.2) is 32.1 Å². The Morgan fingerprint density at radius 3 is 2.71 bits per heavy atom. The van der Waals surface area contributed by atoms with Crippen molar-refractivity contribution >= 4 is 37.7 Å². The van der Waals surface area contributed by atoms with E-state index < -0.39 is 0 Å². The number of halogens is 2. The molecule has 0 atom stereocenters. The van der Waals surface area contributed by atoms with Crippen molar-refractivity contribution in [2.24, 2.45) is 10.8 Å². The number of amidine groups is 1. The maximum absolute atomic E-state index is 5.38. The summed E-state index contributed by atoms with van der Waals surface area (Å²) in [5, 5.41) is 0. The first kappa shape index (κ1) is 11.7. The van der Waals surface area contributed by atoms with Gasteiger partial charge in [0.2, 0.25) is 0 Å². The molecule has 3 N–H and O–H groups in total. The molecular weight excluding hydrogens is 310 g/mol. The summed E-state index contributed by atoms with van der Waals surface area (Å²) >= 11 is 6.84. The number of hydrogen-bond acceptors (Lipinski definition) is 2. The fourth-order valence-electron chi connectivity index (χ4n) is 1.05. The number of benzene rings is 1. The van der Waals surface area contributed by atoms with Crippen molar-refractivity contribution in [2.45, 2.75) is 6.92 Å². The van der Waals surface area contributed by atoms with Gasteiger partial charge in [0.05, 0.1) is 0 Å². The van der Waals surface area contributed by atoms with Crippen LogP contribution in [0.2, 0.25) is 0 Å². The maximum Gasteiger partial charge on any atom is 0.143 e. The van der Waals surface area contributed by atoms with Crippen molar-refractivity contribution in [1.82, 2.24) is 5.43 Å². The van der Waals surface area contributed by atoms with E-state index in [2.05, 4.69) is 42.3 Å². The molecule has 0 heterocycles. The Balaban J connectivity index is 3.11. The Morgan fingerprint density at radius 2 is 2.21 bits per heavy atom. The SMILES string of the molecule is CCN=C(NN)c1ccc(Br)cc1Br. The van der Waals surface area contributed by atoms with Crippen molar-refractivity contribution in [3.63, 3.8) is 0 Å². The number of aliphatic imine (C=N–C) groups is 1. The molecule has 0 aromatic heterocycles. The zero-order valence-corrected chi connectivity index (χ0v) is 10.9. The van der Waals surface area contributed by atoms with E-state index in [0.717, 1.165) is 14.5 Å². The second-order valence-electron chi connectivity index (χ2n) is 2.59. The van der Waals surface area contributed by atoms with Crippen LogP contribution in [0, 0.1) is 0 Å². The first-order chi connectivity index (χ1) is 6.69. The van der Waals surface area contributed by atoms with Gasteiger partial charge in [-0.15, -0.1) is 0 Å². The second kappa shape index (κ2) is 5.48. The number of rotatable bonds is 2. The lowest BCUT2D eigenvalue weighted by molar-refractivity contribution is 0.990. The van der Waals surface area contributed by atoms with Crippen LogP contribution < -0.4 is 11.3 Å². The minimum atomic E-state index is 0.687. The third kappa shape index (κ3) is 2.80. The van der Waals surface area contributed by atoms with Crippen molar-refractivity contribution in [1.29, 1.82) is 0 Å². The predicted octanol–water partition coefficient (Wildman–Crippen LogP) is 2.44. The van der Waals surface area contributed by atoms with E-state index in [1.165, 1.54) is 0 Å². The quantitative estimate of drug-likeness (QED) is 0.380. The Kier molecular flexibility index (Phi) is 4.57. The van der Waals surface area contributed by atoms with E-state index in [0.29, 0.717) is 12.4 Å². The lowest BCUT2D eigenvalue weighted by Gasteiger charge is -2.07. The van der Waals surface area contributed by atoms with Crippen molar-refractivity contribution in [3.05, 3.63) is 32.7 Å². The summed E-state index contributed by atoms with van der Waals surface area (Å²) in [5.74, 6) is 6.07. The Bertz CT molecular complexity index is 350. The number of nitrogens with one attached hydrogen (secondary N) is 1. The average Bonchev–Trinajstić information content (AvgIpc) is 2.15. The summed E-state index contributed by atoms with van der Waals surface area (Å²) in [7, 11) is 0. The van der Waals surface area contributed by atoms with Crippen LogP contribution >= 0.6 is 31.9 Å². The standard InChI is InChI=1S/C9H11Br2N3/c1-2-13-9(14-12)7-4-3-6(10)5-8(7)11/h3-5H,2,12H2,1H3,(H,13,14). The van der Waals surface area contributed by atoms with E-state index >= 15 is 0 Å². The Morgan fingerprint density at radius 1 is 1.50 bits per heavy atom. The van der Waals surface area contributed by atoms with Gasteiger partial charge in [0.25, 0.3) is 0 Å². The van der Waals surface area contributed by atoms with Gasteiger partial charge in [0.1, 0.15) is 5.84 Å². The molecule has 76 valence electrons. The lowest BCUT2D eigenvalue weighted by atomic mass is 10.2. The molecule has 0 aliphatic heterocycles. The average molecular weight is 321 g/mol. The molecule has 3 nitrogen and oxygen atoms in total. The molecule has 1 aromatic rings. The van der Waals surface area contributed by atoms with E-state index in [4.69, 9.17) is 5.84 Å². The van der Waals surface area contributed by atoms with Gasteiger partial charge in [0, 0.05) is 21.1 Å². The van der Waals surface area contributed by atoms with Gasteiger partial charge in [-0.05, 0) is 41.1 Å². The first-order valence-corrected chi connectivity index (χ1v) is 5.74. The largest absolute Gasteiger partial charge is 0.308 e. The predicted molar refractivity (Wildman–Crippen MR) is 66.2 cm³/mol. The van der Waals surface area contributed by atoms with Gasteiger partial charge in [-0.3, -0.25) is 4.99 Å². The van der Waals surface area contributed by atoms with Gasteiger partial charge in [-0.25, -0.2) is 5.84 Å². The summed E-state index contributed by atoms with van der Waals surface area (Å²) in [6, 6.07) is 5.85. The van der Waals surface area contributed by atoms with E-state index in [-0.39, 0.29) is 0 Å². The first-order valence-electron chi connectivity index (χ1n) is 4.15. The molecule has 0 radical (unpaired) electrons. The monoisotopic (exact) mass is 319 g/mol. The molecule has 14 heavy (non-hydrogen) atoms. The smallest absolute Gasteiger partial charge is 0.143 e. The molecule has 0 saturated heterocycles. The van der Waals surface area contributed by atoms with Crippen LogP contribution in [-0.4, -0.2) is 12.4 Å². The van der Waals surface area contributed by atoms with Gasteiger partial charge in [0.15, 0.2) is 0 Å². The van der Waals surface area contributed by atoms with Crippen molar-refractivity contribution in [2.75, 3.05) is 6.54 Å². The number of hydrogen-bond donors (Lipinski definition) is 2.